The molecule has 6 nitrogen and oxygen atoms in total. The summed E-state index contributed by atoms with van der Waals surface area (Å²) in [5.74, 6) is -0.476. The van der Waals surface area contributed by atoms with Crippen molar-refractivity contribution in [3.8, 4) is 0 Å². The maximum Gasteiger partial charge on any atom is 0.234 e. The predicted molar refractivity (Wildman–Crippen MR) is 108 cm³/mol. The van der Waals surface area contributed by atoms with Gasteiger partial charge in [0.25, 0.3) is 0 Å². The SMILES string of the molecule is O=C(CC(c1cccc(Br)c1)N1C(=O)C2C3C=CC(C3)C2C1=O)N1CCOCC1. The smallest absolute Gasteiger partial charge is 0.234 e. The number of likely N-dealkylation sites (tertiary alicyclic amines) is 1. The first-order valence-corrected chi connectivity index (χ1v) is 11.0. The van der Waals surface area contributed by atoms with E-state index in [0.717, 1.165) is 16.5 Å². The van der Waals surface area contributed by atoms with Gasteiger partial charge < -0.3 is 9.64 Å². The quantitative estimate of drug-likeness (QED) is 0.513. The molecule has 0 radical (unpaired) electrons. The third-order valence-electron chi connectivity index (χ3n) is 6.78. The minimum absolute atomic E-state index is 0.0444. The van der Waals surface area contributed by atoms with Crippen molar-refractivity contribution in [1.29, 1.82) is 0 Å². The first-order valence-electron chi connectivity index (χ1n) is 10.2. The highest BCUT2D eigenvalue weighted by atomic mass is 79.9. The van der Waals surface area contributed by atoms with E-state index in [9.17, 15) is 14.4 Å². The first kappa shape index (κ1) is 19.0. The maximum absolute atomic E-state index is 13.4. The molecule has 0 spiro atoms. The lowest BCUT2D eigenvalue weighted by Gasteiger charge is -2.32. The lowest BCUT2D eigenvalue weighted by atomic mass is 9.85. The summed E-state index contributed by atoms with van der Waals surface area (Å²) >= 11 is 3.48. The molecule has 1 saturated carbocycles. The zero-order valence-electron chi connectivity index (χ0n) is 16.0. The fourth-order valence-corrected chi connectivity index (χ4v) is 5.83. The molecule has 3 amide bonds. The molecule has 2 aliphatic heterocycles. The summed E-state index contributed by atoms with van der Waals surface area (Å²) in [6.45, 7) is 2.14. The number of benzene rings is 1. The van der Waals surface area contributed by atoms with Crippen molar-refractivity contribution in [3.63, 3.8) is 0 Å². The Morgan fingerprint density at radius 3 is 2.38 bits per heavy atom. The van der Waals surface area contributed by atoms with Gasteiger partial charge in [0.2, 0.25) is 17.7 Å². The van der Waals surface area contributed by atoms with Crippen LogP contribution in [0.1, 0.15) is 24.4 Å². The Morgan fingerprint density at radius 2 is 1.76 bits per heavy atom. The number of amides is 3. The number of halogens is 1. The van der Waals surface area contributed by atoms with E-state index in [0.29, 0.717) is 26.3 Å². The summed E-state index contributed by atoms with van der Waals surface area (Å²) < 4.78 is 6.21. The molecule has 2 heterocycles. The molecule has 29 heavy (non-hydrogen) atoms. The molecule has 3 fully saturated rings. The molecule has 5 rings (SSSR count). The van der Waals surface area contributed by atoms with Crippen LogP contribution in [0.25, 0.3) is 0 Å². The average Bonchev–Trinajstić information content (AvgIpc) is 3.41. The number of rotatable bonds is 4. The number of allylic oxidation sites excluding steroid dienone is 2. The van der Waals surface area contributed by atoms with Crippen LogP contribution in [0.5, 0.6) is 0 Å². The number of hydrogen-bond donors (Lipinski definition) is 0. The van der Waals surface area contributed by atoms with E-state index in [1.54, 1.807) is 4.90 Å². The van der Waals surface area contributed by atoms with Crippen LogP contribution in [0.15, 0.2) is 40.9 Å². The second-order valence-electron chi connectivity index (χ2n) is 8.31. The van der Waals surface area contributed by atoms with Crippen molar-refractivity contribution in [2.75, 3.05) is 26.3 Å². The number of ether oxygens (including phenoxy) is 1. The van der Waals surface area contributed by atoms with Crippen molar-refractivity contribution in [1.82, 2.24) is 9.80 Å². The normalized spacial score (nSPS) is 31.5. The van der Waals surface area contributed by atoms with Crippen LogP contribution >= 0.6 is 15.9 Å². The summed E-state index contributed by atoms with van der Waals surface area (Å²) in [7, 11) is 0. The monoisotopic (exact) mass is 458 g/mol. The molecule has 7 heteroatoms. The van der Waals surface area contributed by atoms with Crippen LogP contribution in [-0.2, 0) is 19.1 Å². The van der Waals surface area contributed by atoms with Gasteiger partial charge in [-0.15, -0.1) is 0 Å². The zero-order chi connectivity index (χ0) is 20.1. The Balaban J connectivity index is 1.46. The molecule has 1 aromatic carbocycles. The van der Waals surface area contributed by atoms with Crippen molar-refractivity contribution >= 4 is 33.7 Å². The summed E-state index contributed by atoms with van der Waals surface area (Å²) in [6.07, 6.45) is 5.19. The topological polar surface area (TPSA) is 66.9 Å². The van der Waals surface area contributed by atoms with Crippen LogP contribution < -0.4 is 0 Å². The fraction of sp³-hybridized carbons (Fsp3) is 0.500. The van der Waals surface area contributed by atoms with Crippen LogP contribution in [-0.4, -0.2) is 53.8 Å². The summed E-state index contributed by atoms with van der Waals surface area (Å²) in [4.78, 5) is 42.9. The average molecular weight is 459 g/mol. The van der Waals surface area contributed by atoms with Crippen LogP contribution in [0.4, 0.5) is 0 Å². The molecule has 2 saturated heterocycles. The Bertz CT molecular complexity index is 865. The second-order valence-corrected chi connectivity index (χ2v) is 9.23. The lowest BCUT2D eigenvalue weighted by Crippen LogP contribution is -2.44. The van der Waals surface area contributed by atoms with Crippen LogP contribution in [0.2, 0.25) is 0 Å². The van der Waals surface area contributed by atoms with Gasteiger partial charge in [-0.1, -0.05) is 40.2 Å². The summed E-state index contributed by atoms with van der Waals surface area (Å²) in [5, 5.41) is 0. The van der Waals surface area contributed by atoms with Crippen molar-refractivity contribution < 1.29 is 19.1 Å². The van der Waals surface area contributed by atoms with Gasteiger partial charge in [0.1, 0.15) is 0 Å². The molecule has 0 N–H and O–H groups in total. The molecule has 5 atom stereocenters. The van der Waals surface area contributed by atoms with Crippen molar-refractivity contribution in [2.24, 2.45) is 23.7 Å². The van der Waals surface area contributed by atoms with Crippen LogP contribution in [0, 0.1) is 23.7 Å². The minimum atomic E-state index is -0.576. The van der Waals surface area contributed by atoms with Gasteiger partial charge in [0.05, 0.1) is 37.5 Å². The van der Waals surface area contributed by atoms with Gasteiger partial charge in [0, 0.05) is 17.6 Å². The molecule has 2 aliphatic carbocycles. The number of nitrogens with zero attached hydrogens (tertiary/aromatic N) is 2. The number of carbonyl (C=O) groups is 3. The van der Waals surface area contributed by atoms with Gasteiger partial charge in [-0.3, -0.25) is 19.3 Å². The highest BCUT2D eigenvalue weighted by molar-refractivity contribution is 9.10. The predicted octanol–water partition coefficient (Wildman–Crippen LogP) is 2.55. The van der Waals surface area contributed by atoms with Gasteiger partial charge in [-0.2, -0.15) is 0 Å². The van der Waals surface area contributed by atoms with E-state index >= 15 is 0 Å². The number of imide groups is 1. The number of morpholine rings is 1. The molecule has 1 aromatic rings. The summed E-state index contributed by atoms with van der Waals surface area (Å²) in [6, 6.07) is 7.00. The van der Waals surface area contributed by atoms with Crippen molar-refractivity contribution in [2.45, 2.75) is 18.9 Å². The molecular formula is C22H23BrN2O4. The van der Waals surface area contributed by atoms with E-state index in [1.165, 1.54) is 4.90 Å². The third kappa shape index (κ3) is 3.15. The van der Waals surface area contributed by atoms with E-state index in [1.807, 2.05) is 24.3 Å². The number of fused-ring (bicyclic) bond motifs is 5. The molecule has 4 aliphatic rings. The Labute approximate surface area is 178 Å². The second kappa shape index (κ2) is 7.36. The highest BCUT2D eigenvalue weighted by Gasteiger charge is 2.60. The number of hydrogen-bond acceptors (Lipinski definition) is 4. The number of carbonyl (C=O) groups excluding carboxylic acids is 3. The fourth-order valence-electron chi connectivity index (χ4n) is 5.41. The third-order valence-corrected chi connectivity index (χ3v) is 7.27. The lowest BCUT2D eigenvalue weighted by molar-refractivity contribution is -0.146. The molecule has 5 unspecified atom stereocenters. The molecule has 2 bridgehead atoms. The van der Waals surface area contributed by atoms with E-state index in [-0.39, 0.29) is 47.8 Å². The maximum atomic E-state index is 13.4. The van der Waals surface area contributed by atoms with Crippen molar-refractivity contribution in [3.05, 3.63) is 46.5 Å². The summed E-state index contributed by atoms with van der Waals surface area (Å²) in [5.41, 5.74) is 0.808. The van der Waals surface area contributed by atoms with Gasteiger partial charge >= 0.3 is 0 Å². The molecular weight excluding hydrogens is 436 g/mol. The standard InChI is InChI=1S/C22H23BrN2O4/c23-16-3-1-2-13(11-16)17(12-18(26)24-6-8-29-9-7-24)25-21(27)19-14-4-5-15(10-14)20(19)22(25)28/h1-5,11,14-15,17,19-20H,6-10,12H2. The van der Waals surface area contributed by atoms with Gasteiger partial charge in [0.15, 0.2) is 0 Å². The van der Waals surface area contributed by atoms with E-state index in [2.05, 4.69) is 28.1 Å². The Morgan fingerprint density at radius 1 is 1.10 bits per heavy atom. The van der Waals surface area contributed by atoms with Crippen LogP contribution in [0.3, 0.4) is 0 Å². The minimum Gasteiger partial charge on any atom is -0.378 e. The highest BCUT2D eigenvalue weighted by Crippen LogP contribution is 2.54. The molecule has 152 valence electrons. The van der Waals surface area contributed by atoms with Gasteiger partial charge in [-0.25, -0.2) is 0 Å². The van der Waals surface area contributed by atoms with E-state index < -0.39 is 6.04 Å². The van der Waals surface area contributed by atoms with E-state index in [4.69, 9.17) is 4.74 Å². The molecule has 0 aromatic heterocycles. The Kier molecular flexibility index (Phi) is 4.82. The zero-order valence-corrected chi connectivity index (χ0v) is 17.6. The Hall–Kier alpha value is -1.99. The van der Waals surface area contributed by atoms with Gasteiger partial charge in [-0.05, 0) is 36.0 Å². The first-order chi connectivity index (χ1) is 14.0. The largest absolute Gasteiger partial charge is 0.378 e.